The molecule has 0 heterocycles. The summed E-state index contributed by atoms with van der Waals surface area (Å²) < 4.78 is 0. The molecule has 1 fully saturated rings. The van der Waals surface area contributed by atoms with E-state index in [1.54, 1.807) is 0 Å². The highest BCUT2D eigenvalue weighted by molar-refractivity contribution is 4.71. The second kappa shape index (κ2) is 3.18. The van der Waals surface area contributed by atoms with Gasteiger partial charge < -0.3 is 10.8 Å². The lowest BCUT2D eigenvalue weighted by Crippen LogP contribution is -2.23. The van der Waals surface area contributed by atoms with Crippen molar-refractivity contribution in [2.75, 3.05) is 0 Å². The molecule has 0 aromatic heterocycles. The Balaban J connectivity index is 2.29. The van der Waals surface area contributed by atoms with Gasteiger partial charge in [-0.05, 0) is 19.3 Å². The molecule has 2 nitrogen and oxygen atoms in total. The number of nitrogens with two attached hydrogens (primary N) is 1. The van der Waals surface area contributed by atoms with Gasteiger partial charge in [-0.15, -0.1) is 0 Å². The molecule has 1 aliphatic rings. The van der Waals surface area contributed by atoms with Crippen molar-refractivity contribution >= 4 is 0 Å². The van der Waals surface area contributed by atoms with Crippen molar-refractivity contribution < 1.29 is 5.11 Å². The predicted molar refractivity (Wildman–Crippen MR) is 37.1 cm³/mol. The first-order valence-electron chi connectivity index (χ1n) is 3.72. The largest absolute Gasteiger partial charge is 0.393 e. The molecule has 0 amide bonds. The lowest BCUT2D eigenvalue weighted by Gasteiger charge is -2.09. The zero-order chi connectivity index (χ0) is 6.69. The van der Waals surface area contributed by atoms with E-state index in [9.17, 15) is 5.11 Å². The Bertz CT molecular complexity index is 75.0. The molecule has 0 bridgehead atoms. The second-order valence-electron chi connectivity index (χ2n) is 2.93. The molecule has 0 aliphatic heterocycles. The van der Waals surface area contributed by atoms with Crippen molar-refractivity contribution in [2.24, 2.45) is 5.73 Å². The second-order valence-corrected chi connectivity index (χ2v) is 2.93. The SMILES string of the molecule is N[C@H]1CCCC[C@@H](O)C1. The Hall–Kier alpha value is -0.0800. The average molecular weight is 129 g/mol. The molecule has 1 saturated carbocycles. The first kappa shape index (κ1) is 7.03. The number of hydrogen-bond acceptors (Lipinski definition) is 2. The van der Waals surface area contributed by atoms with Gasteiger partial charge in [-0.3, -0.25) is 0 Å². The molecule has 0 radical (unpaired) electrons. The normalized spacial score (nSPS) is 38.0. The van der Waals surface area contributed by atoms with Crippen molar-refractivity contribution in [1.29, 1.82) is 0 Å². The first-order valence-corrected chi connectivity index (χ1v) is 3.72. The van der Waals surface area contributed by atoms with Crippen molar-refractivity contribution in [2.45, 2.75) is 44.2 Å². The summed E-state index contributed by atoms with van der Waals surface area (Å²) in [4.78, 5) is 0. The van der Waals surface area contributed by atoms with E-state index in [1.165, 1.54) is 6.42 Å². The fraction of sp³-hybridized carbons (Fsp3) is 1.00. The van der Waals surface area contributed by atoms with E-state index in [0.717, 1.165) is 25.7 Å². The molecular weight excluding hydrogens is 114 g/mol. The van der Waals surface area contributed by atoms with E-state index in [-0.39, 0.29) is 12.1 Å². The van der Waals surface area contributed by atoms with Crippen LogP contribution in [0.25, 0.3) is 0 Å². The molecule has 0 aromatic carbocycles. The van der Waals surface area contributed by atoms with Gasteiger partial charge in [-0.1, -0.05) is 12.8 Å². The van der Waals surface area contributed by atoms with Crippen LogP contribution in [0, 0.1) is 0 Å². The first-order chi connectivity index (χ1) is 4.29. The Morgan fingerprint density at radius 2 is 1.89 bits per heavy atom. The third-order valence-electron chi connectivity index (χ3n) is 1.94. The topological polar surface area (TPSA) is 46.2 Å². The summed E-state index contributed by atoms with van der Waals surface area (Å²) >= 11 is 0. The summed E-state index contributed by atoms with van der Waals surface area (Å²) in [6.07, 6.45) is 5.07. The lowest BCUT2D eigenvalue weighted by molar-refractivity contribution is 0.152. The fourth-order valence-corrected chi connectivity index (χ4v) is 1.37. The maximum absolute atomic E-state index is 9.18. The van der Waals surface area contributed by atoms with E-state index >= 15 is 0 Å². The van der Waals surface area contributed by atoms with Crippen molar-refractivity contribution in [3.8, 4) is 0 Å². The molecule has 0 aromatic rings. The standard InChI is InChI=1S/C7H15NO/c8-6-3-1-2-4-7(9)5-6/h6-7,9H,1-5,8H2/t6-,7+/m0/s1. The van der Waals surface area contributed by atoms with Gasteiger partial charge in [-0.25, -0.2) is 0 Å². The molecule has 0 spiro atoms. The highest BCUT2D eigenvalue weighted by Gasteiger charge is 2.13. The van der Waals surface area contributed by atoms with Crippen LogP contribution in [-0.4, -0.2) is 17.3 Å². The zero-order valence-electron chi connectivity index (χ0n) is 5.71. The van der Waals surface area contributed by atoms with Gasteiger partial charge in [0.15, 0.2) is 0 Å². The van der Waals surface area contributed by atoms with Crippen molar-refractivity contribution in [1.82, 2.24) is 0 Å². The van der Waals surface area contributed by atoms with Crippen LogP contribution in [0.4, 0.5) is 0 Å². The minimum atomic E-state index is -0.123. The molecule has 0 unspecified atom stereocenters. The summed E-state index contributed by atoms with van der Waals surface area (Å²) in [5, 5.41) is 9.18. The van der Waals surface area contributed by atoms with Gasteiger partial charge in [-0.2, -0.15) is 0 Å². The van der Waals surface area contributed by atoms with Crippen LogP contribution in [-0.2, 0) is 0 Å². The molecule has 9 heavy (non-hydrogen) atoms. The van der Waals surface area contributed by atoms with Crippen LogP contribution in [0.3, 0.4) is 0 Å². The van der Waals surface area contributed by atoms with E-state index in [1.807, 2.05) is 0 Å². The molecule has 1 rings (SSSR count). The smallest absolute Gasteiger partial charge is 0.0555 e. The van der Waals surface area contributed by atoms with Gasteiger partial charge >= 0.3 is 0 Å². The summed E-state index contributed by atoms with van der Waals surface area (Å²) in [5.41, 5.74) is 5.67. The quantitative estimate of drug-likeness (QED) is 0.471. The van der Waals surface area contributed by atoms with Crippen LogP contribution in [0.5, 0.6) is 0 Å². The van der Waals surface area contributed by atoms with E-state index in [0.29, 0.717) is 0 Å². The summed E-state index contributed by atoms with van der Waals surface area (Å²) in [6, 6.07) is 0.252. The number of aliphatic hydroxyl groups is 1. The van der Waals surface area contributed by atoms with E-state index in [2.05, 4.69) is 0 Å². The van der Waals surface area contributed by atoms with E-state index in [4.69, 9.17) is 5.73 Å². The number of rotatable bonds is 0. The van der Waals surface area contributed by atoms with Crippen LogP contribution < -0.4 is 5.73 Å². The Morgan fingerprint density at radius 1 is 1.22 bits per heavy atom. The van der Waals surface area contributed by atoms with Crippen LogP contribution in [0.15, 0.2) is 0 Å². The van der Waals surface area contributed by atoms with E-state index < -0.39 is 0 Å². The molecule has 3 N–H and O–H groups in total. The third kappa shape index (κ3) is 2.33. The highest BCUT2D eigenvalue weighted by Crippen LogP contribution is 2.15. The van der Waals surface area contributed by atoms with Crippen LogP contribution >= 0.6 is 0 Å². The predicted octanol–water partition coefficient (Wildman–Crippen LogP) is 0.639. The van der Waals surface area contributed by atoms with Gasteiger partial charge in [0.2, 0.25) is 0 Å². The molecule has 1 aliphatic carbocycles. The average Bonchev–Trinajstić information content (AvgIpc) is 1.93. The molecule has 2 heteroatoms. The summed E-state index contributed by atoms with van der Waals surface area (Å²) in [6.45, 7) is 0. The molecule has 2 atom stereocenters. The maximum Gasteiger partial charge on any atom is 0.0555 e. The summed E-state index contributed by atoms with van der Waals surface area (Å²) in [7, 11) is 0. The van der Waals surface area contributed by atoms with Crippen molar-refractivity contribution in [3.05, 3.63) is 0 Å². The molecule has 0 saturated heterocycles. The Morgan fingerprint density at radius 3 is 2.67 bits per heavy atom. The van der Waals surface area contributed by atoms with Gasteiger partial charge in [0.1, 0.15) is 0 Å². The number of hydrogen-bond donors (Lipinski definition) is 2. The highest BCUT2D eigenvalue weighted by atomic mass is 16.3. The third-order valence-corrected chi connectivity index (χ3v) is 1.94. The molecular formula is C7H15NO. The van der Waals surface area contributed by atoms with Crippen LogP contribution in [0.2, 0.25) is 0 Å². The van der Waals surface area contributed by atoms with Gasteiger partial charge in [0, 0.05) is 6.04 Å². The van der Waals surface area contributed by atoms with Crippen LogP contribution in [0.1, 0.15) is 32.1 Å². The van der Waals surface area contributed by atoms with Gasteiger partial charge in [0.05, 0.1) is 6.10 Å². The minimum absolute atomic E-state index is 0.123. The minimum Gasteiger partial charge on any atom is -0.393 e. The Kier molecular flexibility index (Phi) is 2.49. The Labute approximate surface area is 56.1 Å². The summed E-state index contributed by atoms with van der Waals surface area (Å²) in [5.74, 6) is 0. The van der Waals surface area contributed by atoms with Crippen molar-refractivity contribution in [3.63, 3.8) is 0 Å². The number of aliphatic hydroxyl groups excluding tert-OH is 1. The maximum atomic E-state index is 9.18. The fourth-order valence-electron chi connectivity index (χ4n) is 1.37. The zero-order valence-corrected chi connectivity index (χ0v) is 5.71. The lowest BCUT2D eigenvalue weighted by atomic mass is 10.1. The van der Waals surface area contributed by atoms with Gasteiger partial charge in [0.25, 0.3) is 0 Å². The molecule has 54 valence electrons. The monoisotopic (exact) mass is 129 g/mol.